The van der Waals surface area contributed by atoms with Crippen LogP contribution in [-0.4, -0.2) is 66.6 Å². The molecular formula is C23H27F3IN3O5. The number of likely N-dealkylation sites (tertiary alicyclic amines) is 1. The van der Waals surface area contributed by atoms with Crippen LogP contribution in [0.25, 0.3) is 0 Å². The van der Waals surface area contributed by atoms with E-state index in [1.165, 1.54) is 12.1 Å². The van der Waals surface area contributed by atoms with Crippen molar-refractivity contribution in [3.63, 3.8) is 0 Å². The number of carbonyl (C=O) groups is 1. The Bertz CT molecular complexity index is 1020. The van der Waals surface area contributed by atoms with Gasteiger partial charge in [-0.2, -0.15) is 0 Å². The molecule has 1 heterocycles. The summed E-state index contributed by atoms with van der Waals surface area (Å²) in [5, 5.41) is 20.9. The van der Waals surface area contributed by atoms with Gasteiger partial charge in [-0.25, -0.2) is 18.7 Å². The van der Waals surface area contributed by atoms with Gasteiger partial charge in [-0.05, 0) is 59.7 Å². The second-order valence-electron chi connectivity index (χ2n) is 7.96. The number of benzene rings is 2. The molecule has 0 aliphatic carbocycles. The first-order valence-electron chi connectivity index (χ1n) is 11.0. The lowest BCUT2D eigenvalue weighted by molar-refractivity contribution is 0.0168. The number of anilines is 2. The van der Waals surface area contributed by atoms with Crippen LogP contribution < -0.4 is 10.8 Å². The number of ether oxygens (including phenoxy) is 1. The highest BCUT2D eigenvalue weighted by Gasteiger charge is 2.24. The molecule has 0 spiro atoms. The van der Waals surface area contributed by atoms with Gasteiger partial charge < -0.3 is 25.2 Å². The molecule has 8 nitrogen and oxygen atoms in total. The van der Waals surface area contributed by atoms with Gasteiger partial charge in [0.2, 0.25) is 0 Å². The third-order valence-corrected chi connectivity index (χ3v) is 6.11. The lowest BCUT2D eigenvalue weighted by Crippen LogP contribution is -2.37. The highest BCUT2D eigenvalue weighted by molar-refractivity contribution is 14.1. The van der Waals surface area contributed by atoms with Gasteiger partial charge in [-0.1, -0.05) is 0 Å². The van der Waals surface area contributed by atoms with Crippen LogP contribution in [0.2, 0.25) is 0 Å². The van der Waals surface area contributed by atoms with Crippen LogP contribution in [0.15, 0.2) is 24.3 Å². The molecule has 192 valence electrons. The van der Waals surface area contributed by atoms with Gasteiger partial charge >= 0.3 is 0 Å². The quantitative estimate of drug-likeness (QED) is 0.177. The number of rotatable bonds is 11. The number of amides is 1. The van der Waals surface area contributed by atoms with Crippen molar-refractivity contribution in [2.75, 3.05) is 44.8 Å². The number of hydrogen-bond acceptors (Lipinski definition) is 7. The Morgan fingerprint density at radius 1 is 1.14 bits per heavy atom. The fourth-order valence-corrected chi connectivity index (χ4v) is 4.00. The van der Waals surface area contributed by atoms with Crippen LogP contribution in [0.1, 0.15) is 28.8 Å². The molecule has 35 heavy (non-hydrogen) atoms. The fourth-order valence-electron chi connectivity index (χ4n) is 3.55. The first-order valence-corrected chi connectivity index (χ1v) is 12.1. The zero-order chi connectivity index (χ0) is 25.4. The highest BCUT2D eigenvalue weighted by atomic mass is 127. The third kappa shape index (κ3) is 7.75. The number of carbonyl (C=O) groups excluding carboxylic acids is 1. The molecule has 1 amide bonds. The number of piperidine rings is 1. The lowest BCUT2D eigenvalue weighted by Gasteiger charge is -2.29. The SMILES string of the molecule is O=C(NOCCO)c1cc(COCCN2CCC(O)CC2)c(F)c(F)c1Nc1ccc(I)cc1F. The van der Waals surface area contributed by atoms with E-state index < -0.39 is 29.0 Å². The molecule has 1 fully saturated rings. The first kappa shape index (κ1) is 27.6. The smallest absolute Gasteiger partial charge is 0.277 e. The number of hydroxylamine groups is 1. The topological polar surface area (TPSA) is 103 Å². The van der Waals surface area contributed by atoms with Gasteiger partial charge in [0.25, 0.3) is 5.91 Å². The zero-order valence-corrected chi connectivity index (χ0v) is 21.0. The molecular weight excluding hydrogens is 582 g/mol. The average Bonchev–Trinajstić information content (AvgIpc) is 2.83. The predicted octanol–water partition coefficient (Wildman–Crippen LogP) is 3.08. The minimum Gasteiger partial charge on any atom is -0.394 e. The predicted molar refractivity (Wildman–Crippen MR) is 131 cm³/mol. The molecule has 0 atom stereocenters. The molecule has 4 N–H and O–H groups in total. The normalized spacial score (nSPS) is 14.8. The van der Waals surface area contributed by atoms with Gasteiger partial charge in [0.1, 0.15) is 5.82 Å². The molecule has 2 aromatic rings. The summed E-state index contributed by atoms with van der Waals surface area (Å²) >= 11 is 1.91. The summed E-state index contributed by atoms with van der Waals surface area (Å²) in [5.74, 6) is -4.23. The number of hydrogen-bond donors (Lipinski definition) is 4. The molecule has 0 saturated carbocycles. The molecule has 1 aliphatic rings. The summed E-state index contributed by atoms with van der Waals surface area (Å²) < 4.78 is 50.4. The standard InChI is InChI=1S/C23H27F3IN3O5/c24-18-12-15(27)1-2-19(18)28-22-17(23(33)29-35-10-8-31)11-14(20(25)21(22)26)13-34-9-7-30-5-3-16(32)4-6-30/h1-2,11-12,16,28,31-32H,3-10,13H2,(H,29,33). The van der Waals surface area contributed by atoms with E-state index in [-0.39, 0.29) is 49.3 Å². The van der Waals surface area contributed by atoms with Gasteiger partial charge in [0.15, 0.2) is 11.6 Å². The number of aliphatic hydroxyl groups excluding tert-OH is 2. The van der Waals surface area contributed by atoms with E-state index in [4.69, 9.17) is 14.7 Å². The largest absolute Gasteiger partial charge is 0.394 e. The van der Waals surface area contributed by atoms with E-state index in [1.807, 2.05) is 28.1 Å². The van der Waals surface area contributed by atoms with Crippen LogP contribution in [-0.2, 0) is 16.2 Å². The Kier molecular flexibility index (Phi) is 10.5. The number of aliphatic hydroxyl groups is 2. The highest BCUT2D eigenvalue weighted by Crippen LogP contribution is 2.31. The molecule has 2 aromatic carbocycles. The number of halogens is 4. The molecule has 1 aliphatic heterocycles. The summed E-state index contributed by atoms with van der Waals surface area (Å²) in [4.78, 5) is 19.5. The van der Waals surface area contributed by atoms with Gasteiger partial charge in [0, 0.05) is 28.8 Å². The minimum atomic E-state index is -1.37. The maximum atomic E-state index is 15.1. The summed E-state index contributed by atoms with van der Waals surface area (Å²) in [6.45, 7) is 1.37. The van der Waals surface area contributed by atoms with Crippen molar-refractivity contribution >= 4 is 39.9 Å². The van der Waals surface area contributed by atoms with Crippen molar-refractivity contribution in [3.05, 3.63) is 56.4 Å². The Labute approximate surface area is 214 Å². The van der Waals surface area contributed by atoms with Crippen LogP contribution in [0, 0.1) is 21.0 Å². The van der Waals surface area contributed by atoms with Crippen LogP contribution in [0.3, 0.4) is 0 Å². The van der Waals surface area contributed by atoms with Crippen molar-refractivity contribution in [3.8, 4) is 0 Å². The zero-order valence-electron chi connectivity index (χ0n) is 18.8. The van der Waals surface area contributed by atoms with Crippen molar-refractivity contribution in [2.45, 2.75) is 25.6 Å². The maximum Gasteiger partial charge on any atom is 0.277 e. The van der Waals surface area contributed by atoms with Crippen LogP contribution in [0.5, 0.6) is 0 Å². The Balaban J connectivity index is 1.77. The second-order valence-corrected chi connectivity index (χ2v) is 9.21. The van der Waals surface area contributed by atoms with Crippen molar-refractivity contribution in [1.29, 1.82) is 0 Å². The van der Waals surface area contributed by atoms with E-state index in [0.717, 1.165) is 19.2 Å². The fraction of sp³-hybridized carbons (Fsp3) is 0.435. The molecule has 0 radical (unpaired) electrons. The summed E-state index contributed by atoms with van der Waals surface area (Å²) in [6, 6.07) is 5.22. The monoisotopic (exact) mass is 609 g/mol. The van der Waals surface area contributed by atoms with E-state index in [2.05, 4.69) is 10.2 Å². The lowest BCUT2D eigenvalue weighted by atomic mass is 10.1. The van der Waals surface area contributed by atoms with E-state index >= 15 is 4.39 Å². The number of nitrogens with zero attached hydrogens (tertiary/aromatic N) is 1. The molecule has 3 rings (SSSR count). The molecule has 0 aromatic heterocycles. The Morgan fingerprint density at radius 2 is 1.89 bits per heavy atom. The summed E-state index contributed by atoms with van der Waals surface area (Å²) in [7, 11) is 0. The molecule has 0 unspecified atom stereocenters. The minimum absolute atomic E-state index is 0.148. The van der Waals surface area contributed by atoms with Gasteiger partial charge in [-0.15, -0.1) is 0 Å². The van der Waals surface area contributed by atoms with Crippen molar-refractivity contribution < 1.29 is 37.8 Å². The van der Waals surface area contributed by atoms with Gasteiger partial charge in [0.05, 0.1) is 49.5 Å². The van der Waals surface area contributed by atoms with Crippen LogP contribution >= 0.6 is 22.6 Å². The summed E-state index contributed by atoms with van der Waals surface area (Å²) in [5.41, 5.74) is 0.805. The summed E-state index contributed by atoms with van der Waals surface area (Å²) in [6.07, 6.45) is 1.05. The molecule has 12 heteroatoms. The Morgan fingerprint density at radius 3 is 2.57 bits per heavy atom. The average molecular weight is 609 g/mol. The Hall–Kier alpha value is -1.97. The maximum absolute atomic E-state index is 15.1. The molecule has 0 bridgehead atoms. The van der Waals surface area contributed by atoms with Crippen LogP contribution in [0.4, 0.5) is 24.5 Å². The van der Waals surface area contributed by atoms with Crippen molar-refractivity contribution in [2.24, 2.45) is 0 Å². The van der Waals surface area contributed by atoms with E-state index in [1.54, 1.807) is 6.07 Å². The van der Waals surface area contributed by atoms with Gasteiger partial charge in [-0.3, -0.25) is 9.63 Å². The van der Waals surface area contributed by atoms with E-state index in [0.29, 0.717) is 23.0 Å². The van der Waals surface area contributed by atoms with E-state index in [9.17, 15) is 18.7 Å². The third-order valence-electron chi connectivity index (χ3n) is 5.44. The van der Waals surface area contributed by atoms with Crippen molar-refractivity contribution in [1.82, 2.24) is 10.4 Å². The second kappa shape index (κ2) is 13.4. The number of nitrogens with one attached hydrogen (secondary N) is 2. The molecule has 1 saturated heterocycles. The first-order chi connectivity index (χ1) is 16.8.